The zero-order chi connectivity index (χ0) is 7.78. The molecule has 1 aliphatic carbocycles. The molecule has 0 amide bonds. The minimum Gasteiger partial charge on any atom is -0.371 e. The van der Waals surface area contributed by atoms with E-state index in [4.69, 9.17) is 10.5 Å². The van der Waals surface area contributed by atoms with Crippen LogP contribution in [-0.4, -0.2) is 17.7 Å². The molecule has 1 fully saturated rings. The maximum atomic E-state index is 5.76. The summed E-state index contributed by atoms with van der Waals surface area (Å²) in [5.41, 5.74) is 5.81. The first-order valence-corrected chi connectivity index (χ1v) is 4.00. The van der Waals surface area contributed by atoms with Crippen molar-refractivity contribution in [2.45, 2.75) is 51.4 Å². The fourth-order valence-corrected chi connectivity index (χ4v) is 1.27. The van der Waals surface area contributed by atoms with Crippen LogP contribution < -0.4 is 5.73 Å². The van der Waals surface area contributed by atoms with Crippen molar-refractivity contribution in [3.63, 3.8) is 0 Å². The standard InChI is InChI=1S/C8H17NO/c1-6(2)10-8(4-5-8)7(3)9/h6-7H,4-5,9H2,1-3H3. The molecule has 0 heterocycles. The van der Waals surface area contributed by atoms with E-state index >= 15 is 0 Å². The van der Waals surface area contributed by atoms with Gasteiger partial charge in [-0.25, -0.2) is 0 Å². The Morgan fingerprint density at radius 1 is 1.30 bits per heavy atom. The fraction of sp³-hybridized carbons (Fsp3) is 1.00. The summed E-state index contributed by atoms with van der Waals surface area (Å²) >= 11 is 0. The quantitative estimate of drug-likeness (QED) is 0.646. The summed E-state index contributed by atoms with van der Waals surface area (Å²) in [6, 6.07) is 0.190. The first-order chi connectivity index (χ1) is 4.57. The van der Waals surface area contributed by atoms with Crippen LogP contribution in [0, 0.1) is 0 Å². The molecule has 0 aromatic carbocycles. The van der Waals surface area contributed by atoms with Gasteiger partial charge in [0.05, 0.1) is 11.7 Å². The molecule has 0 aromatic rings. The van der Waals surface area contributed by atoms with Gasteiger partial charge >= 0.3 is 0 Å². The van der Waals surface area contributed by atoms with Crippen LogP contribution in [0.2, 0.25) is 0 Å². The number of hydrogen-bond donors (Lipinski definition) is 1. The molecule has 0 spiro atoms. The summed E-state index contributed by atoms with van der Waals surface area (Å²) in [4.78, 5) is 0. The third-order valence-corrected chi connectivity index (χ3v) is 2.04. The Kier molecular flexibility index (Phi) is 2.02. The third-order valence-electron chi connectivity index (χ3n) is 2.04. The van der Waals surface area contributed by atoms with E-state index in [2.05, 4.69) is 13.8 Å². The smallest absolute Gasteiger partial charge is 0.0835 e. The van der Waals surface area contributed by atoms with Crippen molar-refractivity contribution in [3.05, 3.63) is 0 Å². The summed E-state index contributed by atoms with van der Waals surface area (Å²) in [5, 5.41) is 0. The predicted octanol–water partition coefficient (Wildman–Crippen LogP) is 1.29. The summed E-state index contributed by atoms with van der Waals surface area (Å²) in [7, 11) is 0. The molecule has 1 saturated carbocycles. The molecule has 1 rings (SSSR count). The maximum absolute atomic E-state index is 5.76. The predicted molar refractivity (Wildman–Crippen MR) is 41.8 cm³/mol. The first-order valence-electron chi connectivity index (χ1n) is 4.00. The van der Waals surface area contributed by atoms with Gasteiger partial charge < -0.3 is 10.5 Å². The summed E-state index contributed by atoms with van der Waals surface area (Å²) in [6.07, 6.45) is 2.60. The third kappa shape index (κ3) is 1.50. The van der Waals surface area contributed by atoms with Crippen molar-refractivity contribution >= 4 is 0 Å². The zero-order valence-corrected chi connectivity index (χ0v) is 7.05. The van der Waals surface area contributed by atoms with Gasteiger partial charge in [0.15, 0.2) is 0 Å². The highest BCUT2D eigenvalue weighted by atomic mass is 16.5. The van der Waals surface area contributed by atoms with Gasteiger partial charge in [0.25, 0.3) is 0 Å². The van der Waals surface area contributed by atoms with E-state index in [9.17, 15) is 0 Å². The van der Waals surface area contributed by atoms with Crippen LogP contribution in [0.25, 0.3) is 0 Å². The average molecular weight is 143 g/mol. The lowest BCUT2D eigenvalue weighted by Crippen LogP contribution is -2.37. The lowest BCUT2D eigenvalue weighted by atomic mass is 10.2. The van der Waals surface area contributed by atoms with Gasteiger partial charge in [-0.1, -0.05) is 0 Å². The van der Waals surface area contributed by atoms with Crippen LogP contribution in [0.15, 0.2) is 0 Å². The van der Waals surface area contributed by atoms with Gasteiger partial charge in [-0.15, -0.1) is 0 Å². The summed E-state index contributed by atoms with van der Waals surface area (Å²) < 4.78 is 5.69. The van der Waals surface area contributed by atoms with Crippen molar-refractivity contribution in [2.24, 2.45) is 5.73 Å². The fourth-order valence-electron chi connectivity index (χ4n) is 1.27. The molecule has 0 aliphatic heterocycles. The Morgan fingerprint density at radius 2 is 1.80 bits per heavy atom. The maximum Gasteiger partial charge on any atom is 0.0835 e. The van der Waals surface area contributed by atoms with Crippen LogP contribution in [0.5, 0.6) is 0 Å². The van der Waals surface area contributed by atoms with Crippen molar-refractivity contribution in [3.8, 4) is 0 Å². The molecule has 2 heteroatoms. The molecule has 10 heavy (non-hydrogen) atoms. The Hall–Kier alpha value is -0.0800. The Balaban J connectivity index is 2.38. The largest absolute Gasteiger partial charge is 0.371 e. The summed E-state index contributed by atoms with van der Waals surface area (Å²) in [6.45, 7) is 6.14. The lowest BCUT2D eigenvalue weighted by Gasteiger charge is -2.22. The molecule has 0 aromatic heterocycles. The molecule has 2 nitrogen and oxygen atoms in total. The normalized spacial score (nSPS) is 24.9. The molecule has 0 radical (unpaired) electrons. The molecule has 60 valence electrons. The van der Waals surface area contributed by atoms with E-state index < -0.39 is 0 Å². The first kappa shape index (κ1) is 8.02. The second-order valence-electron chi connectivity index (χ2n) is 3.52. The molecule has 0 bridgehead atoms. The highest BCUT2D eigenvalue weighted by molar-refractivity contribution is 5.02. The van der Waals surface area contributed by atoms with Crippen LogP contribution in [0.1, 0.15) is 33.6 Å². The number of nitrogens with two attached hydrogens (primary N) is 1. The molecule has 1 atom stereocenters. The highest BCUT2D eigenvalue weighted by Crippen LogP contribution is 2.42. The number of rotatable bonds is 3. The Bertz CT molecular complexity index is 116. The molecule has 0 saturated heterocycles. The minimum absolute atomic E-state index is 0.0498. The van der Waals surface area contributed by atoms with Crippen molar-refractivity contribution in [1.29, 1.82) is 0 Å². The SMILES string of the molecule is CC(C)OC1(C(C)N)CC1. The molecule has 1 unspecified atom stereocenters. The molecule has 1 aliphatic rings. The van der Waals surface area contributed by atoms with Gasteiger partial charge in [-0.2, -0.15) is 0 Å². The average Bonchev–Trinajstić information content (AvgIpc) is 2.46. The van der Waals surface area contributed by atoms with E-state index in [1.54, 1.807) is 0 Å². The van der Waals surface area contributed by atoms with Crippen LogP contribution in [-0.2, 0) is 4.74 Å². The second-order valence-corrected chi connectivity index (χ2v) is 3.52. The van der Waals surface area contributed by atoms with E-state index in [0.717, 1.165) is 12.8 Å². The van der Waals surface area contributed by atoms with E-state index in [0.29, 0.717) is 6.10 Å². The van der Waals surface area contributed by atoms with E-state index in [1.165, 1.54) is 0 Å². The Morgan fingerprint density at radius 3 is 1.90 bits per heavy atom. The van der Waals surface area contributed by atoms with Crippen LogP contribution >= 0.6 is 0 Å². The minimum atomic E-state index is 0.0498. The second kappa shape index (κ2) is 2.51. The van der Waals surface area contributed by atoms with Crippen molar-refractivity contribution < 1.29 is 4.74 Å². The monoisotopic (exact) mass is 143 g/mol. The van der Waals surface area contributed by atoms with Gasteiger partial charge in [0, 0.05) is 6.04 Å². The van der Waals surface area contributed by atoms with Gasteiger partial charge in [-0.3, -0.25) is 0 Å². The molecule has 2 N–H and O–H groups in total. The Labute approximate surface area is 62.7 Å². The lowest BCUT2D eigenvalue weighted by molar-refractivity contribution is -0.0229. The van der Waals surface area contributed by atoms with E-state index in [1.807, 2.05) is 6.92 Å². The number of ether oxygens (including phenoxy) is 1. The van der Waals surface area contributed by atoms with Crippen molar-refractivity contribution in [2.75, 3.05) is 0 Å². The van der Waals surface area contributed by atoms with E-state index in [-0.39, 0.29) is 11.6 Å². The van der Waals surface area contributed by atoms with Gasteiger partial charge in [0.1, 0.15) is 0 Å². The highest BCUT2D eigenvalue weighted by Gasteiger charge is 2.47. The summed E-state index contributed by atoms with van der Waals surface area (Å²) in [5.74, 6) is 0. The topological polar surface area (TPSA) is 35.2 Å². The zero-order valence-electron chi connectivity index (χ0n) is 7.05. The van der Waals surface area contributed by atoms with Gasteiger partial charge in [0.2, 0.25) is 0 Å². The van der Waals surface area contributed by atoms with Gasteiger partial charge in [-0.05, 0) is 33.6 Å². The number of hydrogen-bond acceptors (Lipinski definition) is 2. The van der Waals surface area contributed by atoms with Crippen LogP contribution in [0.4, 0.5) is 0 Å². The molecular formula is C8H17NO. The van der Waals surface area contributed by atoms with Crippen LogP contribution in [0.3, 0.4) is 0 Å². The molecular weight excluding hydrogens is 126 g/mol. The van der Waals surface area contributed by atoms with Crippen molar-refractivity contribution in [1.82, 2.24) is 0 Å².